The Morgan fingerprint density at radius 2 is 2.32 bits per heavy atom. The van der Waals surface area contributed by atoms with Crippen molar-refractivity contribution >= 4 is 5.97 Å². The van der Waals surface area contributed by atoms with Crippen molar-refractivity contribution in [2.24, 2.45) is 0 Å². The predicted octanol–water partition coefficient (Wildman–Crippen LogP) is 2.04. The number of esters is 1. The van der Waals surface area contributed by atoms with Crippen molar-refractivity contribution in [3.05, 3.63) is 45.7 Å². The first kappa shape index (κ1) is 13.3. The predicted molar refractivity (Wildman–Crippen MR) is 69.9 cm³/mol. The highest BCUT2D eigenvalue weighted by molar-refractivity contribution is 5.88. The van der Waals surface area contributed by atoms with Crippen molar-refractivity contribution in [2.75, 3.05) is 7.11 Å². The molecule has 1 fully saturated rings. The molecule has 0 amide bonds. The zero-order valence-electron chi connectivity index (χ0n) is 10.8. The Hall–Kier alpha value is -2.09. The standard InChI is InChI=1S/C14H16N2O3/c1-15-10-5-3-6-11(9-10)16-8-4-7-12(13(16)17)14(18)19-2/h4,7-8,10-11H,3,5-6,9H2,2H3/t10-,11?/m1/s1. The molecule has 1 saturated carbocycles. The molecule has 1 unspecified atom stereocenters. The topological polar surface area (TPSA) is 52.7 Å². The molecule has 1 aromatic rings. The van der Waals surface area contributed by atoms with Gasteiger partial charge in [0.1, 0.15) is 5.56 Å². The molecule has 0 saturated heterocycles. The van der Waals surface area contributed by atoms with Gasteiger partial charge in [-0.25, -0.2) is 11.4 Å². The van der Waals surface area contributed by atoms with Gasteiger partial charge in [0.25, 0.3) is 5.56 Å². The highest BCUT2D eigenvalue weighted by Crippen LogP contribution is 2.29. The van der Waals surface area contributed by atoms with E-state index in [0.29, 0.717) is 6.42 Å². The molecule has 0 N–H and O–H groups in total. The molecular weight excluding hydrogens is 244 g/mol. The number of pyridine rings is 1. The van der Waals surface area contributed by atoms with Crippen molar-refractivity contribution in [1.82, 2.24) is 4.57 Å². The molecule has 2 rings (SSSR count). The molecule has 1 aliphatic rings. The number of rotatable bonds is 2. The monoisotopic (exact) mass is 260 g/mol. The first-order chi connectivity index (χ1) is 9.17. The highest BCUT2D eigenvalue weighted by atomic mass is 16.5. The van der Waals surface area contributed by atoms with Crippen molar-refractivity contribution in [1.29, 1.82) is 0 Å². The van der Waals surface area contributed by atoms with Crippen LogP contribution in [0, 0.1) is 6.57 Å². The molecule has 0 spiro atoms. The molecule has 0 aromatic carbocycles. The van der Waals surface area contributed by atoms with E-state index in [1.807, 2.05) is 0 Å². The number of nitrogens with zero attached hydrogens (tertiary/aromatic N) is 2. The number of carbonyl (C=O) groups is 1. The number of carbonyl (C=O) groups excluding carboxylic acids is 1. The molecule has 1 aromatic heterocycles. The van der Waals surface area contributed by atoms with Crippen LogP contribution in [-0.2, 0) is 4.74 Å². The van der Waals surface area contributed by atoms with Gasteiger partial charge in [0.2, 0.25) is 6.04 Å². The molecular formula is C14H16N2O3. The lowest BCUT2D eigenvalue weighted by molar-refractivity contribution is 0.0597. The van der Waals surface area contributed by atoms with E-state index in [2.05, 4.69) is 9.58 Å². The smallest absolute Gasteiger partial charge is 0.343 e. The van der Waals surface area contributed by atoms with Crippen LogP contribution in [0.1, 0.15) is 42.1 Å². The summed E-state index contributed by atoms with van der Waals surface area (Å²) >= 11 is 0. The van der Waals surface area contributed by atoms with E-state index in [-0.39, 0.29) is 23.2 Å². The fourth-order valence-electron chi connectivity index (χ4n) is 2.57. The summed E-state index contributed by atoms with van der Waals surface area (Å²) in [5.41, 5.74) is -0.278. The minimum atomic E-state index is -0.614. The van der Waals surface area contributed by atoms with Crippen molar-refractivity contribution in [3.8, 4) is 0 Å². The molecule has 5 nitrogen and oxygen atoms in total. The normalized spacial score (nSPS) is 22.5. The van der Waals surface area contributed by atoms with Crippen LogP contribution in [0.25, 0.3) is 4.85 Å². The zero-order chi connectivity index (χ0) is 13.8. The molecule has 100 valence electrons. The van der Waals surface area contributed by atoms with Crippen LogP contribution >= 0.6 is 0 Å². The van der Waals surface area contributed by atoms with Crippen molar-refractivity contribution in [3.63, 3.8) is 0 Å². The summed E-state index contributed by atoms with van der Waals surface area (Å²) in [4.78, 5) is 27.3. The van der Waals surface area contributed by atoms with Gasteiger partial charge in [0.15, 0.2) is 0 Å². The molecule has 19 heavy (non-hydrogen) atoms. The lowest BCUT2D eigenvalue weighted by Gasteiger charge is -2.24. The summed E-state index contributed by atoms with van der Waals surface area (Å²) in [5, 5.41) is 0. The van der Waals surface area contributed by atoms with Gasteiger partial charge in [0.05, 0.1) is 7.11 Å². The molecule has 1 heterocycles. The summed E-state index contributed by atoms with van der Waals surface area (Å²) in [7, 11) is 1.26. The van der Waals surface area contributed by atoms with Gasteiger partial charge in [-0.2, -0.15) is 0 Å². The van der Waals surface area contributed by atoms with Crippen LogP contribution in [0.2, 0.25) is 0 Å². The van der Waals surface area contributed by atoms with Crippen LogP contribution in [0.3, 0.4) is 0 Å². The average Bonchev–Trinajstić information content (AvgIpc) is 2.46. The van der Waals surface area contributed by atoms with Gasteiger partial charge in [-0.3, -0.25) is 4.79 Å². The van der Waals surface area contributed by atoms with Crippen LogP contribution in [0.15, 0.2) is 23.1 Å². The summed E-state index contributed by atoms with van der Waals surface area (Å²) in [6, 6.07) is 3.13. The molecule has 2 atom stereocenters. The largest absolute Gasteiger partial charge is 0.465 e. The van der Waals surface area contributed by atoms with Gasteiger partial charge in [-0.1, -0.05) is 0 Å². The Morgan fingerprint density at radius 1 is 1.53 bits per heavy atom. The first-order valence-electron chi connectivity index (χ1n) is 6.33. The van der Waals surface area contributed by atoms with E-state index in [9.17, 15) is 9.59 Å². The van der Waals surface area contributed by atoms with E-state index in [1.54, 1.807) is 16.8 Å². The van der Waals surface area contributed by atoms with E-state index < -0.39 is 5.97 Å². The second-order valence-electron chi connectivity index (χ2n) is 4.73. The molecule has 0 radical (unpaired) electrons. The maximum atomic E-state index is 12.2. The highest BCUT2D eigenvalue weighted by Gasteiger charge is 2.28. The van der Waals surface area contributed by atoms with Crippen LogP contribution < -0.4 is 5.56 Å². The van der Waals surface area contributed by atoms with E-state index in [1.165, 1.54) is 13.2 Å². The Kier molecular flexibility index (Phi) is 4.00. The minimum absolute atomic E-state index is 0.00459. The Labute approximate surface area is 111 Å². The quantitative estimate of drug-likeness (QED) is 0.604. The number of hydrogen-bond acceptors (Lipinski definition) is 3. The lowest BCUT2D eigenvalue weighted by atomic mass is 9.91. The second kappa shape index (κ2) is 5.70. The second-order valence-corrected chi connectivity index (χ2v) is 4.73. The number of hydrogen-bond donors (Lipinski definition) is 0. The van der Waals surface area contributed by atoms with Crippen LogP contribution in [-0.4, -0.2) is 23.7 Å². The maximum Gasteiger partial charge on any atom is 0.343 e. The third-order valence-electron chi connectivity index (χ3n) is 3.57. The Balaban J connectivity index is 2.33. The fourth-order valence-corrected chi connectivity index (χ4v) is 2.57. The van der Waals surface area contributed by atoms with Gasteiger partial charge >= 0.3 is 5.97 Å². The summed E-state index contributed by atoms with van der Waals surface area (Å²) in [6.07, 6.45) is 5.06. The molecule has 0 aliphatic heterocycles. The molecule has 5 heteroatoms. The zero-order valence-corrected chi connectivity index (χ0v) is 10.8. The third-order valence-corrected chi connectivity index (χ3v) is 3.57. The van der Waals surface area contributed by atoms with E-state index in [0.717, 1.165) is 19.3 Å². The van der Waals surface area contributed by atoms with E-state index in [4.69, 9.17) is 6.57 Å². The van der Waals surface area contributed by atoms with Crippen LogP contribution in [0.4, 0.5) is 0 Å². The Morgan fingerprint density at radius 3 is 3.00 bits per heavy atom. The maximum absolute atomic E-state index is 12.2. The summed E-state index contributed by atoms with van der Waals surface area (Å²) < 4.78 is 6.17. The Bertz CT molecular complexity index is 571. The first-order valence-corrected chi connectivity index (χ1v) is 6.33. The van der Waals surface area contributed by atoms with Crippen molar-refractivity contribution < 1.29 is 9.53 Å². The van der Waals surface area contributed by atoms with Crippen molar-refractivity contribution in [2.45, 2.75) is 37.8 Å². The average molecular weight is 260 g/mol. The van der Waals surface area contributed by atoms with E-state index >= 15 is 0 Å². The van der Waals surface area contributed by atoms with Gasteiger partial charge < -0.3 is 14.1 Å². The SMILES string of the molecule is [C-]#[N+][C@@H]1CCCC(n2cccc(C(=O)OC)c2=O)C1. The number of ether oxygens (including phenoxy) is 1. The lowest BCUT2D eigenvalue weighted by Crippen LogP contribution is -2.32. The number of methoxy groups -OCH3 is 1. The molecule has 0 bridgehead atoms. The van der Waals surface area contributed by atoms with Gasteiger partial charge in [0, 0.05) is 25.1 Å². The third kappa shape index (κ3) is 2.68. The molecule has 1 aliphatic carbocycles. The minimum Gasteiger partial charge on any atom is -0.465 e. The fraction of sp³-hybridized carbons (Fsp3) is 0.500. The number of aromatic nitrogens is 1. The summed E-state index contributed by atoms with van der Waals surface area (Å²) in [5.74, 6) is -0.614. The van der Waals surface area contributed by atoms with Crippen LogP contribution in [0.5, 0.6) is 0 Å². The van der Waals surface area contributed by atoms with Gasteiger partial charge in [-0.15, -0.1) is 0 Å². The summed E-state index contributed by atoms with van der Waals surface area (Å²) in [6.45, 7) is 7.11. The van der Waals surface area contributed by atoms with Gasteiger partial charge in [-0.05, 0) is 25.0 Å².